The molecule has 1 rings (SSSR count). The zero-order valence-electron chi connectivity index (χ0n) is 9.01. The molecule has 5 atom stereocenters. The summed E-state index contributed by atoms with van der Waals surface area (Å²) in [5.41, 5.74) is 0.00458. The maximum Gasteiger partial charge on any atom is 0.108 e. The van der Waals surface area contributed by atoms with Crippen molar-refractivity contribution in [2.75, 3.05) is 6.26 Å². The Bertz CT molecular complexity index is 173. The van der Waals surface area contributed by atoms with Crippen molar-refractivity contribution < 1.29 is 14.9 Å². The first kappa shape index (κ1) is 12.3. The SMILES string of the molecule is CCCC1OC(SC)C(C)C(O)C1O. The second-order valence-corrected chi connectivity index (χ2v) is 4.84. The summed E-state index contributed by atoms with van der Waals surface area (Å²) >= 11 is 1.60. The number of rotatable bonds is 3. The number of thioether (sulfide) groups is 1. The summed E-state index contributed by atoms with van der Waals surface area (Å²) in [6.07, 6.45) is 2.15. The largest absolute Gasteiger partial charge is 0.390 e. The highest BCUT2D eigenvalue weighted by Gasteiger charge is 2.41. The van der Waals surface area contributed by atoms with E-state index in [9.17, 15) is 10.2 Å². The molecule has 1 aliphatic heterocycles. The third kappa shape index (κ3) is 2.42. The first-order valence-corrected chi connectivity index (χ1v) is 6.45. The van der Waals surface area contributed by atoms with Crippen LogP contribution < -0.4 is 0 Å². The highest BCUT2D eigenvalue weighted by molar-refractivity contribution is 7.99. The monoisotopic (exact) mass is 220 g/mol. The van der Waals surface area contributed by atoms with Crippen molar-refractivity contribution in [3.8, 4) is 0 Å². The topological polar surface area (TPSA) is 49.7 Å². The molecule has 0 saturated carbocycles. The molecule has 0 aromatic carbocycles. The minimum absolute atomic E-state index is 0.00458. The molecule has 5 unspecified atom stereocenters. The Labute approximate surface area is 89.8 Å². The van der Waals surface area contributed by atoms with E-state index in [-0.39, 0.29) is 17.5 Å². The smallest absolute Gasteiger partial charge is 0.108 e. The molecule has 0 aromatic heterocycles. The van der Waals surface area contributed by atoms with Gasteiger partial charge in [-0.3, -0.25) is 0 Å². The van der Waals surface area contributed by atoms with Gasteiger partial charge in [0.05, 0.1) is 12.2 Å². The molecule has 84 valence electrons. The average Bonchev–Trinajstić information content (AvgIpc) is 2.19. The minimum atomic E-state index is -0.728. The van der Waals surface area contributed by atoms with Crippen molar-refractivity contribution in [3.05, 3.63) is 0 Å². The molecule has 1 fully saturated rings. The second-order valence-electron chi connectivity index (χ2n) is 3.91. The van der Waals surface area contributed by atoms with Gasteiger partial charge in [0.25, 0.3) is 0 Å². The van der Waals surface area contributed by atoms with Crippen molar-refractivity contribution in [2.45, 2.75) is 50.4 Å². The van der Waals surface area contributed by atoms with Crippen LogP contribution in [0.2, 0.25) is 0 Å². The maximum absolute atomic E-state index is 9.80. The van der Waals surface area contributed by atoms with Crippen LogP contribution >= 0.6 is 11.8 Å². The standard InChI is InChI=1S/C10H20O3S/c1-4-5-7-9(12)8(11)6(2)10(13-7)14-3/h6-12H,4-5H2,1-3H3. The Hall–Kier alpha value is 0.230. The van der Waals surface area contributed by atoms with Crippen LogP contribution in [0.5, 0.6) is 0 Å². The Kier molecular flexibility index (Phi) is 4.70. The van der Waals surface area contributed by atoms with Gasteiger partial charge in [0, 0.05) is 5.92 Å². The number of ether oxygens (including phenoxy) is 1. The molecule has 14 heavy (non-hydrogen) atoms. The second kappa shape index (κ2) is 5.35. The molecule has 1 aliphatic rings. The quantitative estimate of drug-likeness (QED) is 0.751. The molecule has 0 amide bonds. The van der Waals surface area contributed by atoms with Gasteiger partial charge in [-0.05, 0) is 12.7 Å². The summed E-state index contributed by atoms with van der Waals surface area (Å²) < 4.78 is 5.72. The zero-order valence-corrected chi connectivity index (χ0v) is 9.83. The van der Waals surface area contributed by atoms with Crippen LogP contribution in [0.4, 0.5) is 0 Å². The predicted octanol–water partition coefficient (Wildman–Crippen LogP) is 1.23. The van der Waals surface area contributed by atoms with Crippen molar-refractivity contribution in [1.82, 2.24) is 0 Å². The summed E-state index contributed by atoms with van der Waals surface area (Å²) in [7, 11) is 0. The lowest BCUT2D eigenvalue weighted by molar-refractivity contribution is -0.172. The molecular formula is C10H20O3S. The summed E-state index contributed by atoms with van der Waals surface area (Å²) in [5.74, 6) is -0.00638. The van der Waals surface area contributed by atoms with Crippen LogP contribution in [0, 0.1) is 5.92 Å². The average molecular weight is 220 g/mol. The molecule has 0 spiro atoms. The Morgan fingerprint density at radius 1 is 1.29 bits per heavy atom. The van der Waals surface area contributed by atoms with E-state index in [2.05, 4.69) is 6.92 Å². The normalized spacial score (nSPS) is 43.9. The van der Waals surface area contributed by atoms with Gasteiger partial charge < -0.3 is 14.9 Å². The first-order chi connectivity index (χ1) is 6.61. The molecule has 0 aliphatic carbocycles. The summed E-state index contributed by atoms with van der Waals surface area (Å²) in [6.45, 7) is 3.96. The Morgan fingerprint density at radius 3 is 2.43 bits per heavy atom. The fraction of sp³-hybridized carbons (Fsp3) is 1.00. The van der Waals surface area contributed by atoms with E-state index in [1.165, 1.54) is 0 Å². The highest BCUT2D eigenvalue weighted by Crippen LogP contribution is 2.32. The van der Waals surface area contributed by atoms with E-state index in [1.807, 2.05) is 13.2 Å². The van der Waals surface area contributed by atoms with E-state index in [0.29, 0.717) is 0 Å². The lowest BCUT2D eigenvalue weighted by atomic mass is 9.92. The van der Waals surface area contributed by atoms with E-state index >= 15 is 0 Å². The highest BCUT2D eigenvalue weighted by atomic mass is 32.2. The van der Waals surface area contributed by atoms with E-state index < -0.39 is 12.2 Å². The molecule has 0 aromatic rings. The predicted molar refractivity (Wildman–Crippen MR) is 58.3 cm³/mol. The zero-order chi connectivity index (χ0) is 10.7. The van der Waals surface area contributed by atoms with Crippen molar-refractivity contribution in [1.29, 1.82) is 0 Å². The van der Waals surface area contributed by atoms with Gasteiger partial charge in [-0.1, -0.05) is 20.3 Å². The van der Waals surface area contributed by atoms with Crippen molar-refractivity contribution in [2.24, 2.45) is 5.92 Å². The summed E-state index contributed by atoms with van der Waals surface area (Å²) in [6, 6.07) is 0. The van der Waals surface area contributed by atoms with Crippen LogP contribution in [0.25, 0.3) is 0 Å². The Balaban J connectivity index is 2.63. The van der Waals surface area contributed by atoms with Gasteiger partial charge in [0.2, 0.25) is 0 Å². The van der Waals surface area contributed by atoms with Crippen LogP contribution in [-0.2, 0) is 4.74 Å². The lowest BCUT2D eigenvalue weighted by Gasteiger charge is -2.41. The van der Waals surface area contributed by atoms with Gasteiger partial charge >= 0.3 is 0 Å². The first-order valence-electron chi connectivity index (χ1n) is 5.16. The molecular weight excluding hydrogens is 200 g/mol. The van der Waals surface area contributed by atoms with E-state index in [1.54, 1.807) is 11.8 Å². The Morgan fingerprint density at radius 2 is 1.93 bits per heavy atom. The number of aliphatic hydroxyl groups excluding tert-OH is 2. The number of hydrogen-bond acceptors (Lipinski definition) is 4. The molecule has 0 bridgehead atoms. The third-order valence-electron chi connectivity index (χ3n) is 2.81. The van der Waals surface area contributed by atoms with Crippen LogP contribution in [0.3, 0.4) is 0 Å². The van der Waals surface area contributed by atoms with Gasteiger partial charge in [-0.2, -0.15) is 0 Å². The van der Waals surface area contributed by atoms with Gasteiger partial charge in [-0.25, -0.2) is 0 Å². The summed E-state index contributed by atoms with van der Waals surface area (Å²) in [5, 5.41) is 19.6. The number of hydrogen-bond donors (Lipinski definition) is 2. The summed E-state index contributed by atoms with van der Waals surface area (Å²) in [4.78, 5) is 0. The third-order valence-corrected chi connectivity index (χ3v) is 3.82. The fourth-order valence-electron chi connectivity index (χ4n) is 1.86. The molecule has 4 heteroatoms. The molecule has 1 heterocycles. The molecule has 1 saturated heterocycles. The fourth-order valence-corrected chi connectivity index (χ4v) is 2.71. The number of aliphatic hydroxyl groups is 2. The molecule has 2 N–H and O–H groups in total. The maximum atomic E-state index is 9.80. The lowest BCUT2D eigenvalue weighted by Crippen LogP contribution is -2.52. The van der Waals surface area contributed by atoms with Crippen LogP contribution in [0.1, 0.15) is 26.7 Å². The molecule has 0 radical (unpaired) electrons. The van der Waals surface area contributed by atoms with Crippen molar-refractivity contribution in [3.63, 3.8) is 0 Å². The van der Waals surface area contributed by atoms with Gasteiger partial charge in [-0.15, -0.1) is 11.8 Å². The minimum Gasteiger partial charge on any atom is -0.390 e. The van der Waals surface area contributed by atoms with Gasteiger partial charge in [0.15, 0.2) is 0 Å². The van der Waals surface area contributed by atoms with Gasteiger partial charge in [0.1, 0.15) is 11.5 Å². The van der Waals surface area contributed by atoms with E-state index in [0.717, 1.165) is 12.8 Å². The van der Waals surface area contributed by atoms with Crippen LogP contribution in [-0.4, -0.2) is 40.2 Å². The molecule has 3 nitrogen and oxygen atoms in total. The van der Waals surface area contributed by atoms with Crippen molar-refractivity contribution >= 4 is 11.8 Å². The van der Waals surface area contributed by atoms with E-state index in [4.69, 9.17) is 4.74 Å². The van der Waals surface area contributed by atoms with Crippen LogP contribution in [0.15, 0.2) is 0 Å².